The Bertz CT molecular complexity index is 396. The van der Waals surface area contributed by atoms with Crippen molar-refractivity contribution in [3.8, 4) is 5.88 Å². The molecule has 5 nitrogen and oxygen atoms in total. The van der Waals surface area contributed by atoms with Gasteiger partial charge in [0.1, 0.15) is 5.82 Å². The Morgan fingerprint density at radius 3 is 2.64 bits per heavy atom. The van der Waals surface area contributed by atoms with E-state index in [2.05, 4.69) is 9.97 Å². The average Bonchev–Trinajstić information content (AvgIpc) is 2.13. The third-order valence-corrected chi connectivity index (χ3v) is 2.40. The van der Waals surface area contributed by atoms with Crippen LogP contribution in [-0.4, -0.2) is 15.1 Å². The fraction of sp³-hybridized carbons (Fsp3) is 0.556. The van der Waals surface area contributed by atoms with Crippen molar-refractivity contribution in [2.45, 2.75) is 32.7 Å². The molecule has 1 aromatic heterocycles. The van der Waals surface area contributed by atoms with E-state index in [9.17, 15) is 9.90 Å². The molecule has 0 saturated carbocycles. The zero-order valence-electron chi connectivity index (χ0n) is 8.59. The molecule has 0 aromatic carbocycles. The number of hydrogen-bond donors (Lipinski definition) is 3. The summed E-state index contributed by atoms with van der Waals surface area (Å²) in [6, 6.07) is 0. The quantitative estimate of drug-likeness (QED) is 0.638. The number of nitrogens with two attached hydrogens (primary N) is 1. The molecule has 1 aromatic rings. The van der Waals surface area contributed by atoms with E-state index in [0.717, 1.165) is 0 Å². The largest absolute Gasteiger partial charge is 0.493 e. The van der Waals surface area contributed by atoms with Gasteiger partial charge in [0.15, 0.2) is 0 Å². The van der Waals surface area contributed by atoms with Crippen LogP contribution in [0.2, 0.25) is 0 Å². The predicted octanol–water partition coefficient (Wildman–Crippen LogP) is 0.368. The molecule has 0 radical (unpaired) electrons. The molecular weight excluding hydrogens is 182 g/mol. The molecule has 1 heterocycles. The van der Waals surface area contributed by atoms with Crippen LogP contribution in [0, 0.1) is 6.92 Å². The molecule has 1 rings (SSSR count). The van der Waals surface area contributed by atoms with Gasteiger partial charge in [0.2, 0.25) is 5.88 Å². The lowest BCUT2D eigenvalue weighted by Crippen LogP contribution is -2.36. The van der Waals surface area contributed by atoms with Gasteiger partial charge in [-0.1, -0.05) is 6.92 Å². The Labute approximate surface area is 82.0 Å². The first-order chi connectivity index (χ1) is 6.38. The molecule has 0 amide bonds. The monoisotopic (exact) mass is 197 g/mol. The van der Waals surface area contributed by atoms with Crippen molar-refractivity contribution < 1.29 is 5.11 Å². The van der Waals surface area contributed by atoms with Crippen LogP contribution in [0.5, 0.6) is 5.88 Å². The molecule has 0 fully saturated rings. The van der Waals surface area contributed by atoms with Crippen molar-refractivity contribution in [3.63, 3.8) is 0 Å². The number of rotatable bonds is 2. The number of nitrogens with zero attached hydrogens (tertiary/aromatic N) is 1. The first-order valence-electron chi connectivity index (χ1n) is 4.47. The zero-order chi connectivity index (χ0) is 10.9. The first kappa shape index (κ1) is 10.7. The second-order valence-corrected chi connectivity index (χ2v) is 3.63. The summed E-state index contributed by atoms with van der Waals surface area (Å²) in [4.78, 5) is 17.7. The van der Waals surface area contributed by atoms with Crippen LogP contribution in [0.3, 0.4) is 0 Å². The molecule has 1 atom stereocenters. The van der Waals surface area contributed by atoms with E-state index >= 15 is 0 Å². The highest BCUT2D eigenvalue weighted by molar-refractivity contribution is 5.22. The molecule has 4 N–H and O–H groups in total. The third-order valence-electron chi connectivity index (χ3n) is 2.40. The number of hydrogen-bond acceptors (Lipinski definition) is 4. The molecule has 0 saturated heterocycles. The summed E-state index contributed by atoms with van der Waals surface area (Å²) in [6.07, 6.45) is 0.623. The van der Waals surface area contributed by atoms with Crippen molar-refractivity contribution in [1.29, 1.82) is 0 Å². The molecule has 0 aliphatic carbocycles. The lowest BCUT2D eigenvalue weighted by Gasteiger charge is -2.21. The van der Waals surface area contributed by atoms with Gasteiger partial charge >= 0.3 is 0 Å². The molecule has 14 heavy (non-hydrogen) atoms. The van der Waals surface area contributed by atoms with Crippen molar-refractivity contribution in [1.82, 2.24) is 9.97 Å². The minimum atomic E-state index is -0.718. The molecule has 1 unspecified atom stereocenters. The number of aromatic nitrogens is 2. The van der Waals surface area contributed by atoms with E-state index in [0.29, 0.717) is 12.2 Å². The lowest BCUT2D eigenvalue weighted by atomic mass is 9.99. The van der Waals surface area contributed by atoms with Crippen LogP contribution in [0.15, 0.2) is 4.79 Å². The third kappa shape index (κ3) is 1.77. The minimum Gasteiger partial charge on any atom is -0.493 e. The number of nitrogens with one attached hydrogen (secondary N) is 1. The molecule has 78 valence electrons. The van der Waals surface area contributed by atoms with E-state index in [1.54, 1.807) is 6.92 Å². The highest BCUT2D eigenvalue weighted by Crippen LogP contribution is 2.18. The number of H-pyrrole nitrogens is 1. The Morgan fingerprint density at radius 2 is 2.21 bits per heavy atom. The fourth-order valence-corrected chi connectivity index (χ4v) is 0.958. The van der Waals surface area contributed by atoms with Gasteiger partial charge in [-0.05, 0) is 20.3 Å². The van der Waals surface area contributed by atoms with Crippen LogP contribution in [0.1, 0.15) is 31.7 Å². The van der Waals surface area contributed by atoms with Crippen molar-refractivity contribution in [3.05, 3.63) is 21.7 Å². The summed E-state index contributed by atoms with van der Waals surface area (Å²) in [5.41, 5.74) is 5.02. The van der Waals surface area contributed by atoms with E-state index in [1.165, 1.54) is 6.92 Å². The van der Waals surface area contributed by atoms with Gasteiger partial charge in [0.05, 0.1) is 11.1 Å². The van der Waals surface area contributed by atoms with Gasteiger partial charge in [0, 0.05) is 0 Å². The Balaban J connectivity index is 3.33. The van der Waals surface area contributed by atoms with E-state index in [1.807, 2.05) is 6.92 Å². The fourth-order valence-electron chi connectivity index (χ4n) is 0.958. The summed E-state index contributed by atoms with van der Waals surface area (Å²) in [6.45, 7) is 5.14. The number of aromatic amines is 1. The van der Waals surface area contributed by atoms with Gasteiger partial charge in [0.25, 0.3) is 5.56 Å². The van der Waals surface area contributed by atoms with E-state index < -0.39 is 5.54 Å². The first-order valence-corrected chi connectivity index (χ1v) is 4.47. The van der Waals surface area contributed by atoms with Crippen LogP contribution in [-0.2, 0) is 5.54 Å². The average molecular weight is 197 g/mol. The minimum absolute atomic E-state index is 0.209. The normalized spacial score (nSPS) is 15.1. The van der Waals surface area contributed by atoms with Crippen LogP contribution in [0.25, 0.3) is 0 Å². The van der Waals surface area contributed by atoms with Crippen LogP contribution in [0.4, 0.5) is 0 Å². The molecular formula is C9H15N3O2. The van der Waals surface area contributed by atoms with Gasteiger partial charge in [-0.25, -0.2) is 0 Å². The Hall–Kier alpha value is -1.36. The maximum Gasteiger partial charge on any atom is 0.257 e. The lowest BCUT2D eigenvalue weighted by molar-refractivity contribution is 0.405. The summed E-state index contributed by atoms with van der Waals surface area (Å²) < 4.78 is 0. The molecule has 0 bridgehead atoms. The number of aromatic hydroxyl groups is 1. The van der Waals surface area contributed by atoms with Gasteiger partial charge < -0.3 is 15.8 Å². The van der Waals surface area contributed by atoms with Crippen molar-refractivity contribution in [2.24, 2.45) is 5.73 Å². The maximum absolute atomic E-state index is 11.3. The standard InChI is InChI=1S/C9H15N3O2/c1-4-9(3,10)8-11-6(13)5(2)7(14)12-8/h4,10H2,1-3H3,(H2,11,12,13,14). The van der Waals surface area contributed by atoms with Crippen LogP contribution >= 0.6 is 0 Å². The SMILES string of the molecule is CCC(C)(N)c1nc(O)c(C)c(=O)[nH]1. The van der Waals surface area contributed by atoms with E-state index in [4.69, 9.17) is 5.73 Å². The van der Waals surface area contributed by atoms with E-state index in [-0.39, 0.29) is 17.0 Å². The molecule has 0 spiro atoms. The second kappa shape index (κ2) is 3.42. The van der Waals surface area contributed by atoms with Crippen molar-refractivity contribution >= 4 is 0 Å². The summed E-state index contributed by atoms with van der Waals surface area (Å²) in [7, 11) is 0. The molecule has 0 aliphatic heterocycles. The summed E-state index contributed by atoms with van der Waals surface area (Å²) in [5, 5.41) is 9.35. The topological polar surface area (TPSA) is 92.0 Å². The van der Waals surface area contributed by atoms with Gasteiger partial charge in [-0.15, -0.1) is 0 Å². The zero-order valence-corrected chi connectivity index (χ0v) is 8.59. The van der Waals surface area contributed by atoms with Crippen molar-refractivity contribution in [2.75, 3.05) is 0 Å². The Kier molecular flexibility index (Phi) is 2.62. The second-order valence-electron chi connectivity index (χ2n) is 3.63. The predicted molar refractivity (Wildman–Crippen MR) is 53.1 cm³/mol. The van der Waals surface area contributed by atoms with Gasteiger partial charge in [-0.3, -0.25) is 4.79 Å². The molecule has 0 aliphatic rings. The highest BCUT2D eigenvalue weighted by Gasteiger charge is 2.23. The Morgan fingerprint density at radius 1 is 1.64 bits per heavy atom. The van der Waals surface area contributed by atoms with Gasteiger partial charge in [-0.2, -0.15) is 4.98 Å². The summed E-state index contributed by atoms with van der Waals surface area (Å²) >= 11 is 0. The van der Waals surface area contributed by atoms with Crippen LogP contribution < -0.4 is 11.3 Å². The maximum atomic E-state index is 11.3. The molecule has 5 heteroatoms. The summed E-state index contributed by atoms with van der Waals surface area (Å²) in [5.74, 6) is 0.0574. The highest BCUT2D eigenvalue weighted by atomic mass is 16.3. The smallest absolute Gasteiger partial charge is 0.257 e.